The van der Waals surface area contributed by atoms with Crippen LogP contribution in [-0.4, -0.2) is 44.1 Å². The summed E-state index contributed by atoms with van der Waals surface area (Å²) in [5.74, 6) is 0.0590. The van der Waals surface area contributed by atoms with E-state index in [1.54, 1.807) is 18.2 Å². The van der Waals surface area contributed by atoms with Crippen LogP contribution in [0.15, 0.2) is 18.2 Å². The normalized spacial score (nSPS) is 23.5. The van der Waals surface area contributed by atoms with Crippen LogP contribution in [0.1, 0.15) is 49.4 Å². The predicted octanol–water partition coefficient (Wildman–Crippen LogP) is 3.28. The molecule has 1 aromatic rings. The Morgan fingerprint density at radius 1 is 1.25 bits per heavy atom. The third-order valence-corrected chi connectivity index (χ3v) is 7.13. The van der Waals surface area contributed by atoms with Crippen molar-refractivity contribution >= 4 is 33.2 Å². The summed E-state index contributed by atoms with van der Waals surface area (Å²) in [5.41, 5.74) is 0.935. The lowest BCUT2D eigenvalue weighted by atomic mass is 10.1. The number of carbonyl (C=O) groups is 1. The summed E-state index contributed by atoms with van der Waals surface area (Å²) < 4.78 is 26.0. The lowest BCUT2D eigenvalue weighted by Crippen LogP contribution is -2.38. The molecular weight excluding hydrogens is 348 g/mol. The number of hydrogen-bond acceptors (Lipinski definition) is 3. The van der Waals surface area contributed by atoms with E-state index in [9.17, 15) is 13.2 Å². The number of anilines is 1. The van der Waals surface area contributed by atoms with E-state index in [0.29, 0.717) is 29.2 Å². The van der Waals surface area contributed by atoms with Gasteiger partial charge in [-0.25, -0.2) is 8.42 Å². The van der Waals surface area contributed by atoms with Crippen LogP contribution < -0.4 is 4.31 Å². The van der Waals surface area contributed by atoms with E-state index < -0.39 is 10.0 Å². The van der Waals surface area contributed by atoms with Gasteiger partial charge in [0, 0.05) is 19.1 Å². The molecule has 2 fully saturated rings. The highest BCUT2D eigenvalue weighted by Crippen LogP contribution is 2.30. The van der Waals surface area contributed by atoms with Gasteiger partial charge in [0.1, 0.15) is 0 Å². The molecule has 0 aliphatic carbocycles. The van der Waals surface area contributed by atoms with E-state index in [1.165, 1.54) is 4.31 Å². The Kier molecular flexibility index (Phi) is 5.06. The standard InChI is InChI=1S/C17H23ClN2O3S/c1-2-13-6-5-9-19(13)17(21)15-12-14(7-8-16(15)18)20-10-3-4-11-24(20,22)23/h7-8,12-13H,2-6,9-11H2,1H3. The summed E-state index contributed by atoms with van der Waals surface area (Å²) in [6.07, 6.45) is 4.45. The van der Waals surface area contributed by atoms with Crippen molar-refractivity contribution in [3.8, 4) is 0 Å². The van der Waals surface area contributed by atoms with Gasteiger partial charge in [-0.1, -0.05) is 18.5 Å². The molecule has 24 heavy (non-hydrogen) atoms. The Morgan fingerprint density at radius 3 is 2.75 bits per heavy atom. The Morgan fingerprint density at radius 2 is 2.04 bits per heavy atom. The first-order chi connectivity index (χ1) is 11.4. The molecule has 2 aliphatic rings. The lowest BCUT2D eigenvalue weighted by molar-refractivity contribution is 0.0734. The first kappa shape index (κ1) is 17.5. The van der Waals surface area contributed by atoms with Crippen molar-refractivity contribution in [1.82, 2.24) is 4.90 Å². The minimum atomic E-state index is -3.30. The molecule has 0 bridgehead atoms. The predicted molar refractivity (Wildman–Crippen MR) is 96.2 cm³/mol. The third kappa shape index (κ3) is 3.26. The molecule has 1 unspecified atom stereocenters. The molecule has 0 spiro atoms. The van der Waals surface area contributed by atoms with Gasteiger partial charge in [0.15, 0.2) is 0 Å². The van der Waals surface area contributed by atoms with Crippen LogP contribution in [0, 0.1) is 0 Å². The Bertz CT molecular complexity index is 735. The highest BCUT2D eigenvalue weighted by atomic mass is 35.5. The number of carbonyl (C=O) groups excluding carboxylic acids is 1. The number of rotatable bonds is 3. The van der Waals surface area contributed by atoms with E-state index in [2.05, 4.69) is 6.92 Å². The van der Waals surface area contributed by atoms with Gasteiger partial charge < -0.3 is 4.90 Å². The number of benzene rings is 1. The number of sulfonamides is 1. The SMILES string of the molecule is CCC1CCCN1C(=O)c1cc(N2CCCCS2(=O)=O)ccc1Cl. The van der Waals surface area contributed by atoms with Crippen LogP contribution in [0.5, 0.6) is 0 Å². The fraction of sp³-hybridized carbons (Fsp3) is 0.588. The summed E-state index contributed by atoms with van der Waals surface area (Å²) in [4.78, 5) is 14.8. The van der Waals surface area contributed by atoms with Gasteiger partial charge in [-0.05, 0) is 50.3 Å². The Hall–Kier alpha value is -1.27. The molecule has 2 saturated heterocycles. The molecular formula is C17H23ClN2O3S. The molecule has 0 N–H and O–H groups in total. The average molecular weight is 371 g/mol. The van der Waals surface area contributed by atoms with Crippen molar-refractivity contribution in [2.75, 3.05) is 23.1 Å². The second-order valence-electron chi connectivity index (χ2n) is 6.46. The summed E-state index contributed by atoms with van der Waals surface area (Å²) in [5, 5.41) is 0.375. The zero-order chi connectivity index (χ0) is 17.3. The van der Waals surface area contributed by atoms with Crippen molar-refractivity contribution in [3.63, 3.8) is 0 Å². The molecule has 1 amide bonds. The Labute approximate surface area is 148 Å². The fourth-order valence-electron chi connectivity index (χ4n) is 3.59. The van der Waals surface area contributed by atoms with Gasteiger partial charge in [0.25, 0.3) is 5.91 Å². The second-order valence-corrected chi connectivity index (χ2v) is 8.88. The van der Waals surface area contributed by atoms with Crippen LogP contribution in [0.3, 0.4) is 0 Å². The first-order valence-electron chi connectivity index (χ1n) is 8.55. The van der Waals surface area contributed by atoms with Crippen molar-refractivity contribution in [2.24, 2.45) is 0 Å². The molecule has 0 saturated carbocycles. The smallest absolute Gasteiger partial charge is 0.255 e. The molecule has 2 heterocycles. The van der Waals surface area contributed by atoms with E-state index in [4.69, 9.17) is 11.6 Å². The second kappa shape index (κ2) is 6.92. The van der Waals surface area contributed by atoms with Crippen molar-refractivity contribution in [1.29, 1.82) is 0 Å². The Balaban J connectivity index is 1.93. The van der Waals surface area contributed by atoms with Gasteiger partial charge >= 0.3 is 0 Å². The van der Waals surface area contributed by atoms with Gasteiger partial charge in [0.2, 0.25) is 10.0 Å². The molecule has 5 nitrogen and oxygen atoms in total. The highest BCUT2D eigenvalue weighted by molar-refractivity contribution is 7.92. The molecule has 1 aromatic carbocycles. The summed E-state index contributed by atoms with van der Waals surface area (Å²) in [6.45, 7) is 3.27. The lowest BCUT2D eigenvalue weighted by Gasteiger charge is -2.29. The molecule has 1 atom stereocenters. The first-order valence-corrected chi connectivity index (χ1v) is 10.5. The van der Waals surface area contributed by atoms with Crippen LogP contribution in [0.4, 0.5) is 5.69 Å². The number of halogens is 1. The fourth-order valence-corrected chi connectivity index (χ4v) is 5.42. The van der Waals surface area contributed by atoms with Gasteiger partial charge in [-0.3, -0.25) is 9.10 Å². The van der Waals surface area contributed by atoms with Crippen molar-refractivity contribution in [3.05, 3.63) is 28.8 Å². The highest BCUT2D eigenvalue weighted by Gasteiger charge is 2.31. The van der Waals surface area contributed by atoms with Crippen molar-refractivity contribution in [2.45, 2.75) is 45.1 Å². The van der Waals surface area contributed by atoms with Gasteiger partial charge in [0.05, 0.1) is 22.0 Å². The molecule has 0 radical (unpaired) electrons. The zero-order valence-corrected chi connectivity index (χ0v) is 15.4. The number of nitrogens with zero attached hydrogens (tertiary/aromatic N) is 2. The topological polar surface area (TPSA) is 57.7 Å². The minimum absolute atomic E-state index is 0.0967. The quantitative estimate of drug-likeness (QED) is 0.820. The number of hydrogen-bond donors (Lipinski definition) is 0. The van der Waals surface area contributed by atoms with Crippen LogP contribution in [0.25, 0.3) is 0 Å². The van der Waals surface area contributed by atoms with E-state index in [1.807, 2.05) is 4.90 Å². The van der Waals surface area contributed by atoms with Crippen LogP contribution in [0.2, 0.25) is 5.02 Å². The van der Waals surface area contributed by atoms with Crippen LogP contribution >= 0.6 is 11.6 Å². The third-order valence-electron chi connectivity index (χ3n) is 4.93. The van der Waals surface area contributed by atoms with Crippen LogP contribution in [-0.2, 0) is 10.0 Å². The maximum Gasteiger partial charge on any atom is 0.255 e. The molecule has 0 aromatic heterocycles. The minimum Gasteiger partial charge on any atom is -0.336 e. The van der Waals surface area contributed by atoms with E-state index in [0.717, 1.165) is 32.2 Å². The zero-order valence-electron chi connectivity index (χ0n) is 13.9. The van der Waals surface area contributed by atoms with Gasteiger partial charge in [-0.15, -0.1) is 0 Å². The average Bonchev–Trinajstić information content (AvgIpc) is 3.03. The van der Waals surface area contributed by atoms with Gasteiger partial charge in [-0.2, -0.15) is 0 Å². The monoisotopic (exact) mass is 370 g/mol. The summed E-state index contributed by atoms with van der Waals surface area (Å²) in [7, 11) is -3.30. The van der Waals surface area contributed by atoms with Crippen molar-refractivity contribution < 1.29 is 13.2 Å². The number of amides is 1. The van der Waals surface area contributed by atoms with E-state index in [-0.39, 0.29) is 17.7 Å². The largest absolute Gasteiger partial charge is 0.336 e. The molecule has 2 aliphatic heterocycles. The number of likely N-dealkylation sites (tertiary alicyclic amines) is 1. The molecule has 7 heteroatoms. The molecule has 132 valence electrons. The maximum atomic E-state index is 12.9. The molecule has 3 rings (SSSR count). The maximum absolute atomic E-state index is 12.9. The summed E-state index contributed by atoms with van der Waals surface area (Å²) >= 11 is 6.25. The summed E-state index contributed by atoms with van der Waals surface area (Å²) in [6, 6.07) is 5.20. The van der Waals surface area contributed by atoms with E-state index >= 15 is 0 Å².